The lowest BCUT2D eigenvalue weighted by molar-refractivity contribution is 0.0527. The van der Waals surface area contributed by atoms with Crippen molar-refractivity contribution in [1.82, 2.24) is 5.32 Å². The van der Waals surface area contributed by atoms with E-state index in [4.69, 9.17) is 4.74 Å². The first kappa shape index (κ1) is 15.7. The number of benzene rings is 1. The number of hydrogen-bond donors (Lipinski definition) is 2. The van der Waals surface area contributed by atoms with Crippen LogP contribution in [-0.2, 0) is 17.6 Å². The molecule has 1 heterocycles. The van der Waals surface area contributed by atoms with Gasteiger partial charge in [-0.1, -0.05) is 12.1 Å². The van der Waals surface area contributed by atoms with Crippen LogP contribution in [-0.4, -0.2) is 24.8 Å². The van der Waals surface area contributed by atoms with Gasteiger partial charge in [0, 0.05) is 18.8 Å². The van der Waals surface area contributed by atoms with E-state index in [1.165, 1.54) is 23.2 Å². The minimum absolute atomic E-state index is 0.334. The predicted octanol–water partition coefficient (Wildman–Crippen LogP) is 3.50. The van der Waals surface area contributed by atoms with Crippen molar-refractivity contribution in [2.75, 3.05) is 18.4 Å². The highest BCUT2D eigenvalue weighted by atomic mass is 16.6. The minimum atomic E-state index is -0.436. The van der Waals surface area contributed by atoms with Gasteiger partial charge in [0.25, 0.3) is 0 Å². The molecular weight excluding hydrogens is 264 g/mol. The first-order chi connectivity index (χ1) is 9.96. The van der Waals surface area contributed by atoms with Gasteiger partial charge in [0.1, 0.15) is 5.60 Å². The van der Waals surface area contributed by atoms with Gasteiger partial charge < -0.3 is 15.4 Å². The molecule has 0 bridgehead atoms. The lowest BCUT2D eigenvalue weighted by Crippen LogP contribution is -2.33. The molecule has 1 amide bonds. The van der Waals surface area contributed by atoms with Gasteiger partial charge in [-0.25, -0.2) is 4.79 Å². The minimum Gasteiger partial charge on any atom is -0.444 e. The van der Waals surface area contributed by atoms with Gasteiger partial charge in [0.2, 0.25) is 0 Å². The van der Waals surface area contributed by atoms with Crippen molar-refractivity contribution in [3.63, 3.8) is 0 Å². The summed E-state index contributed by atoms with van der Waals surface area (Å²) in [5.74, 6) is 0. The first-order valence-electron chi connectivity index (χ1n) is 7.77. The lowest BCUT2D eigenvalue weighted by atomic mass is 9.95. The molecule has 0 aliphatic carbocycles. The molecule has 0 fully saturated rings. The Morgan fingerprint density at radius 1 is 1.38 bits per heavy atom. The van der Waals surface area contributed by atoms with Crippen LogP contribution in [0.1, 0.15) is 44.7 Å². The van der Waals surface area contributed by atoms with Gasteiger partial charge in [-0.2, -0.15) is 0 Å². The highest BCUT2D eigenvalue weighted by Crippen LogP contribution is 2.25. The van der Waals surface area contributed by atoms with E-state index in [1.807, 2.05) is 20.8 Å². The maximum Gasteiger partial charge on any atom is 0.407 e. The van der Waals surface area contributed by atoms with Crippen molar-refractivity contribution in [3.8, 4) is 0 Å². The topological polar surface area (TPSA) is 50.4 Å². The van der Waals surface area contributed by atoms with Gasteiger partial charge in [0.15, 0.2) is 0 Å². The second kappa shape index (κ2) is 6.83. The monoisotopic (exact) mass is 290 g/mol. The summed E-state index contributed by atoms with van der Waals surface area (Å²) in [4.78, 5) is 11.6. The Bertz CT molecular complexity index is 492. The second-order valence-corrected chi connectivity index (χ2v) is 6.51. The molecule has 4 heteroatoms. The number of fused-ring (bicyclic) bond motifs is 1. The molecule has 1 aromatic rings. The number of alkyl carbamates (subject to hydrolysis) is 1. The zero-order chi connectivity index (χ0) is 15.3. The smallest absolute Gasteiger partial charge is 0.407 e. The number of rotatable bonds is 4. The van der Waals surface area contributed by atoms with Crippen LogP contribution in [0.5, 0.6) is 0 Å². The third-order valence-corrected chi connectivity index (χ3v) is 3.48. The normalized spacial score (nSPS) is 14.0. The SMILES string of the molecule is CC(C)(C)OC(=O)NCCCc1cccc2c1CCCN2. The van der Waals surface area contributed by atoms with Gasteiger partial charge in [-0.05, 0) is 63.6 Å². The number of amides is 1. The van der Waals surface area contributed by atoms with Crippen LogP contribution >= 0.6 is 0 Å². The molecule has 2 rings (SSSR count). The summed E-state index contributed by atoms with van der Waals surface area (Å²) in [6.07, 6.45) is 3.92. The van der Waals surface area contributed by atoms with Gasteiger partial charge in [0.05, 0.1) is 0 Å². The summed E-state index contributed by atoms with van der Waals surface area (Å²) >= 11 is 0. The molecule has 1 aromatic carbocycles. The van der Waals surface area contributed by atoms with Gasteiger partial charge in [-0.3, -0.25) is 0 Å². The van der Waals surface area contributed by atoms with Gasteiger partial charge in [-0.15, -0.1) is 0 Å². The molecule has 1 aliphatic rings. The van der Waals surface area contributed by atoms with Crippen molar-refractivity contribution in [1.29, 1.82) is 0 Å². The molecule has 4 nitrogen and oxygen atoms in total. The van der Waals surface area contributed by atoms with Gasteiger partial charge >= 0.3 is 6.09 Å². The Balaban J connectivity index is 1.78. The zero-order valence-electron chi connectivity index (χ0n) is 13.3. The van der Waals surface area contributed by atoms with E-state index in [1.54, 1.807) is 0 Å². The molecular formula is C17H26N2O2. The quantitative estimate of drug-likeness (QED) is 0.834. The van der Waals surface area contributed by atoms with Crippen LogP contribution in [0.2, 0.25) is 0 Å². The predicted molar refractivity (Wildman–Crippen MR) is 85.8 cm³/mol. The Labute approximate surface area is 127 Å². The lowest BCUT2D eigenvalue weighted by Gasteiger charge is -2.21. The van der Waals surface area contributed by atoms with E-state index >= 15 is 0 Å². The molecule has 0 unspecified atom stereocenters. The first-order valence-corrected chi connectivity index (χ1v) is 7.77. The number of aryl methyl sites for hydroxylation is 1. The van der Waals surface area contributed by atoms with Crippen molar-refractivity contribution < 1.29 is 9.53 Å². The van der Waals surface area contributed by atoms with Crippen molar-refractivity contribution in [2.45, 2.75) is 52.1 Å². The van der Waals surface area contributed by atoms with E-state index in [2.05, 4.69) is 28.8 Å². The number of carbonyl (C=O) groups excluding carboxylic acids is 1. The fourth-order valence-electron chi connectivity index (χ4n) is 2.60. The summed E-state index contributed by atoms with van der Waals surface area (Å²) in [5, 5.41) is 6.26. The Kier molecular flexibility index (Phi) is 5.10. The van der Waals surface area contributed by atoms with E-state index in [-0.39, 0.29) is 6.09 Å². The van der Waals surface area contributed by atoms with Crippen LogP contribution in [0.3, 0.4) is 0 Å². The summed E-state index contributed by atoms with van der Waals surface area (Å²) in [6, 6.07) is 6.45. The van der Waals surface area contributed by atoms with Crippen molar-refractivity contribution in [3.05, 3.63) is 29.3 Å². The Morgan fingerprint density at radius 2 is 2.19 bits per heavy atom. The number of hydrogen-bond acceptors (Lipinski definition) is 3. The maximum absolute atomic E-state index is 11.6. The fourth-order valence-corrected chi connectivity index (χ4v) is 2.60. The van der Waals surface area contributed by atoms with E-state index in [0.717, 1.165) is 25.8 Å². The molecule has 2 N–H and O–H groups in total. The molecule has 0 atom stereocenters. The summed E-state index contributed by atoms with van der Waals surface area (Å²) < 4.78 is 5.22. The molecule has 0 saturated carbocycles. The summed E-state index contributed by atoms with van der Waals surface area (Å²) in [6.45, 7) is 7.32. The second-order valence-electron chi connectivity index (χ2n) is 6.51. The van der Waals surface area contributed by atoms with Crippen molar-refractivity contribution in [2.24, 2.45) is 0 Å². The van der Waals surface area contributed by atoms with Crippen LogP contribution in [0.4, 0.5) is 10.5 Å². The van der Waals surface area contributed by atoms with Crippen molar-refractivity contribution >= 4 is 11.8 Å². The standard InChI is InChI=1S/C17H26N2O2/c1-17(2,3)21-16(20)19-12-5-8-13-7-4-10-15-14(13)9-6-11-18-15/h4,7,10,18H,5-6,8-9,11-12H2,1-3H3,(H,19,20). The number of carbonyl (C=O) groups is 1. The van der Waals surface area contributed by atoms with E-state index in [9.17, 15) is 4.79 Å². The highest BCUT2D eigenvalue weighted by Gasteiger charge is 2.16. The van der Waals surface area contributed by atoms with Crippen LogP contribution in [0, 0.1) is 0 Å². The number of nitrogens with one attached hydrogen (secondary N) is 2. The molecule has 116 valence electrons. The highest BCUT2D eigenvalue weighted by molar-refractivity contribution is 5.67. The average Bonchev–Trinajstić information content (AvgIpc) is 2.42. The maximum atomic E-state index is 11.6. The zero-order valence-corrected chi connectivity index (χ0v) is 13.3. The number of ether oxygens (including phenoxy) is 1. The number of anilines is 1. The van der Waals surface area contributed by atoms with Crippen LogP contribution in [0.15, 0.2) is 18.2 Å². The summed E-state index contributed by atoms with van der Waals surface area (Å²) in [5.41, 5.74) is 3.68. The average molecular weight is 290 g/mol. The summed E-state index contributed by atoms with van der Waals surface area (Å²) in [7, 11) is 0. The molecule has 0 radical (unpaired) electrons. The van der Waals surface area contributed by atoms with E-state index < -0.39 is 5.60 Å². The van der Waals surface area contributed by atoms with E-state index in [0.29, 0.717) is 6.54 Å². The third-order valence-electron chi connectivity index (χ3n) is 3.48. The molecule has 0 spiro atoms. The molecule has 0 saturated heterocycles. The Hall–Kier alpha value is -1.71. The largest absolute Gasteiger partial charge is 0.444 e. The fraction of sp³-hybridized carbons (Fsp3) is 0.588. The van der Waals surface area contributed by atoms with Crippen LogP contribution < -0.4 is 10.6 Å². The molecule has 21 heavy (non-hydrogen) atoms. The third kappa shape index (κ3) is 4.96. The molecule has 0 aromatic heterocycles. The molecule has 1 aliphatic heterocycles. The Morgan fingerprint density at radius 3 is 2.95 bits per heavy atom. The van der Waals surface area contributed by atoms with Crippen LogP contribution in [0.25, 0.3) is 0 Å².